The number of hydrogen-bond donors (Lipinski definition) is 7. The molecule has 0 aliphatic heterocycles. The van der Waals surface area contributed by atoms with E-state index in [0.29, 0.717) is 45.4 Å². The van der Waals surface area contributed by atoms with Crippen molar-refractivity contribution in [2.24, 2.45) is 11.8 Å². The lowest BCUT2D eigenvalue weighted by Crippen LogP contribution is -2.25. The first kappa shape index (κ1) is 110. The normalized spacial score (nSPS) is 10.2. The van der Waals surface area contributed by atoms with Crippen molar-refractivity contribution in [3.63, 3.8) is 0 Å². The fraction of sp³-hybridized carbons (Fsp3) is 0.182. The number of nitrogen functional groups attached to an aromatic ring is 1. The molecule has 0 aromatic heterocycles. The van der Waals surface area contributed by atoms with Gasteiger partial charge in [0.05, 0.1) is 52.9 Å². The van der Waals surface area contributed by atoms with Crippen molar-refractivity contribution >= 4 is 240 Å². The second-order valence-electron chi connectivity index (χ2n) is 24.2. The van der Waals surface area contributed by atoms with Gasteiger partial charge in [0.15, 0.2) is 11.6 Å². The molecule has 0 unspecified atom stereocenters. The van der Waals surface area contributed by atoms with Gasteiger partial charge in [-0.2, -0.15) is 10.5 Å². The number of nitrogens with zero attached hydrogens (tertiary/aromatic N) is 4. The Labute approximate surface area is 803 Å². The molecule has 0 fully saturated rings. The van der Waals surface area contributed by atoms with E-state index in [1.54, 1.807) is 36.4 Å². The van der Waals surface area contributed by atoms with Crippen LogP contribution in [0.15, 0.2) is 246 Å². The molecule has 0 aliphatic carbocycles. The first-order valence-corrected chi connectivity index (χ1v) is 44.9. The van der Waals surface area contributed by atoms with Gasteiger partial charge in [0.25, 0.3) is 29.1 Å². The molecule has 5 amide bonds. The average Bonchev–Trinajstić information content (AvgIpc) is 0.821. The van der Waals surface area contributed by atoms with Crippen molar-refractivity contribution in [2.45, 2.75) is 33.0 Å². The van der Waals surface area contributed by atoms with Gasteiger partial charge in [0.2, 0.25) is 11.8 Å². The number of amides is 5. The Morgan fingerprint density at radius 2 is 0.712 bits per heavy atom. The first-order valence-electron chi connectivity index (χ1n) is 36.0. The van der Waals surface area contributed by atoms with E-state index >= 15 is 0 Å². The minimum Gasteiger partial charge on any atom is -0.489 e. The van der Waals surface area contributed by atoms with E-state index in [1.165, 1.54) is 172 Å². The van der Waals surface area contributed by atoms with Crippen LogP contribution in [0.25, 0.3) is 0 Å². The van der Waals surface area contributed by atoms with Crippen LogP contribution in [0.5, 0.6) is 23.0 Å². The predicted molar refractivity (Wildman–Crippen MR) is 532 cm³/mol. The highest BCUT2D eigenvalue weighted by molar-refractivity contribution is 14.3. The molecule has 0 aliphatic rings. The molecule has 0 heterocycles. The third kappa shape index (κ3) is 39.5. The molecule has 8 aromatic rings. The van der Waals surface area contributed by atoms with E-state index in [4.69, 9.17) is 44.5 Å². The zero-order valence-electron chi connectivity index (χ0n) is 66.1. The topological polar surface area (TPSA) is 466 Å². The van der Waals surface area contributed by atoms with Gasteiger partial charge in [0.1, 0.15) is 73.7 Å². The van der Waals surface area contributed by atoms with Crippen LogP contribution in [0, 0.1) is 54.7 Å². The predicted octanol–water partition coefficient (Wildman–Crippen LogP) is 20.4. The van der Waals surface area contributed by atoms with Crippen molar-refractivity contribution in [2.75, 3.05) is 79.3 Å². The number of carbonyl (C=O) groups excluding carboxylic acids is 9. The third-order valence-electron chi connectivity index (χ3n) is 15.6. The second-order valence-corrected chi connectivity index (χ2v) is 39.5. The van der Waals surface area contributed by atoms with Crippen LogP contribution in [0.1, 0.15) is 116 Å². The number of aromatic carboxylic acids is 1. The molecule has 8 aromatic carbocycles. The molecule has 31 nitrogen and oxygen atoms in total. The number of nitro benzene ring substituents is 2. The van der Waals surface area contributed by atoms with Crippen LogP contribution >= 0.6 is 136 Å². The van der Waals surface area contributed by atoms with Crippen LogP contribution in [0.2, 0.25) is 0 Å². The van der Waals surface area contributed by atoms with Crippen LogP contribution in [0.3, 0.4) is 0 Å². The number of rotatable bonds is 39. The van der Waals surface area contributed by atoms with Crippen LogP contribution < -0.4 is 51.3 Å². The number of Topliss-reactive ketones (excluding diaryl/α,β-unsaturated/α-hetero) is 2. The van der Waals surface area contributed by atoms with Gasteiger partial charge >= 0.3 is 17.9 Å². The fourth-order valence-corrected chi connectivity index (χ4v) is 10.00. The Morgan fingerprint density at radius 3 is 1.02 bits per heavy atom. The number of halogens is 6. The molecule has 125 heavy (non-hydrogen) atoms. The van der Waals surface area contributed by atoms with Crippen LogP contribution in [0.4, 0.5) is 45.5 Å². The fourth-order valence-electron chi connectivity index (χ4n) is 10.00. The molecular formula is C88H86I6N10O21. The van der Waals surface area contributed by atoms with Crippen molar-refractivity contribution in [1.29, 1.82) is 10.5 Å². The number of carboxylic acids is 1. The maximum Gasteiger partial charge on any atom is 0.342 e. The first-order chi connectivity index (χ1) is 59.4. The minimum atomic E-state index is -1.10. The van der Waals surface area contributed by atoms with Crippen LogP contribution in [-0.2, 0) is 19.1 Å². The zero-order valence-corrected chi connectivity index (χ0v) is 79.1. The number of hydrogen-bond acceptors (Lipinski definition) is 23. The maximum atomic E-state index is 13.4. The number of nitrogens with one attached hydrogen (secondary N) is 5. The van der Waals surface area contributed by atoms with Gasteiger partial charge in [-0.25, -0.2) is 14.4 Å². The molecule has 0 bridgehead atoms. The summed E-state index contributed by atoms with van der Waals surface area (Å²) < 4.78 is 34.6. The van der Waals surface area contributed by atoms with Gasteiger partial charge < -0.3 is 65.8 Å². The summed E-state index contributed by atoms with van der Waals surface area (Å²) >= 11 is 13.6. The lowest BCUT2D eigenvalue weighted by molar-refractivity contribution is -0.385. The number of ether oxygens (including phenoxy) is 6. The Morgan fingerprint density at radius 1 is 0.432 bits per heavy atom. The van der Waals surface area contributed by atoms with E-state index in [1.807, 2.05) is 17.1 Å². The summed E-state index contributed by atoms with van der Waals surface area (Å²) in [5, 5.41) is 62.1. The number of nitriles is 2. The molecule has 0 spiro atoms. The highest BCUT2D eigenvalue weighted by atomic mass is 127. The monoisotopic (exact) mass is 2380 g/mol. The van der Waals surface area contributed by atoms with E-state index in [-0.39, 0.29) is 140 Å². The molecule has 0 radical (unpaired) electrons. The summed E-state index contributed by atoms with van der Waals surface area (Å²) in [7, 11) is 0. The van der Waals surface area contributed by atoms with Crippen molar-refractivity contribution in [1.82, 2.24) is 0 Å². The van der Waals surface area contributed by atoms with E-state index in [2.05, 4.69) is 202 Å². The number of benzene rings is 8. The number of carbonyl (C=O) groups is 10. The molecule has 8 rings (SSSR count). The number of nitro groups is 2. The number of carboxylic acid groups (broad SMARTS) is 1. The van der Waals surface area contributed by atoms with Crippen molar-refractivity contribution in [3.8, 4) is 35.1 Å². The van der Waals surface area contributed by atoms with E-state index < -0.39 is 80.7 Å². The quantitative estimate of drug-likeness (QED) is 0.00275. The molecular weight excluding hydrogens is 2290 g/mol. The smallest absolute Gasteiger partial charge is 0.342 e. The van der Waals surface area contributed by atoms with Gasteiger partial charge in [-0.3, -0.25) is 53.8 Å². The largest absolute Gasteiger partial charge is 0.489 e. The number of esters is 2. The lowest BCUT2D eigenvalue weighted by atomic mass is 9.95. The zero-order chi connectivity index (χ0) is 92.2. The highest BCUT2D eigenvalue weighted by Crippen LogP contribution is 2.32. The SMILES string of the molecule is C.C=CCOC(=O)c1ccc(NC(=O)c2ccc(N)cc2OCC=C)cc1OCC=C.C=CCOC(=O)c1ccc(NC(=O)c2ccc(NC(=O)c3ccc(NC(=O)[C@H](CC#N)CC(=O)c4ccc([N+](=O)[O-])cc4)cc3)cc2OCC=C)cc1OCC=C.CI.IC(I)I.ICI.N#CC[C@H](CC(=O)c1ccc([N+](=O)[O-])cc1)C(=O)Nc1ccc(C(=O)O)cc1. The third-order valence-corrected chi connectivity index (χ3v) is 15.6. The van der Waals surface area contributed by atoms with Gasteiger partial charge in [-0.1, -0.05) is 219 Å². The minimum absolute atomic E-state index is 0. The maximum absolute atomic E-state index is 13.4. The summed E-state index contributed by atoms with van der Waals surface area (Å²) in [4.78, 5) is 148. The summed E-state index contributed by atoms with van der Waals surface area (Å²) in [6.45, 7) is 22.1. The summed E-state index contributed by atoms with van der Waals surface area (Å²) in [6, 6.07) is 43.2. The summed E-state index contributed by atoms with van der Waals surface area (Å²) in [5.41, 5.74) is 9.00. The Kier molecular flexibility index (Phi) is 53.4. The molecule has 2 atom stereocenters. The number of alkyl halides is 6. The lowest BCUT2D eigenvalue weighted by Gasteiger charge is -2.15. The second kappa shape index (κ2) is 60.9. The van der Waals surface area contributed by atoms with Crippen molar-refractivity contribution < 1.29 is 91.3 Å². The standard InChI is InChI=1S/C42H37N5O10.C23H24N2O5.C19H15N3O6.CHI3.CH2I2.CH3I.CH4/c1-4-21-55-37-25-31(13-17-34(37)41(51)46-32-14-18-35(42(52)57-23-6-3)38(26-32)56-22-5-2)45-39(49)28-7-11-30(12-8-28)44-40(50)29(19-20-43)24-36(48)27-9-15-33(16-10-27)47(53)54;1-4-11-28-20-14-16(24)7-9-18(20)22(26)25-17-8-10-19(23(27)30-13-6-3)21(15-17)29-12-5-2;20-10-9-14(11-17(23)12-3-7-16(8-4-12)22(27)28)18(24)21-15-5-1-13(2-6-15)19(25)26;2-1(3)4;2-1-3;1-2;/h4-18,25-26,29H,1-3,19,21-24H2,(H,44,50)(H,45,49)(H,46,51);4-10,14-15H,1-3,11-13,24H2,(H,25,26);1-8,14H,9,11H2,(H,21,24)(H,25,26);1H;1H2;1H3;1H4/t29-;;14-;;;;/m1.1..../s1. The van der Waals surface area contributed by atoms with E-state index in [9.17, 15) is 73.4 Å². The number of nitrogens with two attached hydrogens (primary N) is 1. The van der Waals surface area contributed by atoms with Gasteiger partial charge in [-0.15, -0.1) is 0 Å². The Balaban J connectivity index is 0.000000654. The van der Waals surface area contributed by atoms with Gasteiger partial charge in [0, 0.05) is 125 Å². The van der Waals surface area contributed by atoms with Crippen LogP contribution in [-0.4, -0.2) is 121 Å². The molecule has 0 saturated heterocycles. The van der Waals surface area contributed by atoms with Gasteiger partial charge in [-0.05, 0) is 126 Å². The summed E-state index contributed by atoms with van der Waals surface area (Å²) in [6.07, 6.45) is 8.00. The average molecular weight is 2380 g/mol. The molecule has 8 N–H and O–H groups in total. The molecule has 656 valence electrons. The highest BCUT2D eigenvalue weighted by Gasteiger charge is 2.27. The molecule has 37 heteroatoms. The van der Waals surface area contributed by atoms with Crippen molar-refractivity contribution in [3.05, 3.63) is 311 Å². The number of non-ortho nitro benzene ring substituents is 2. The van der Waals surface area contributed by atoms with E-state index in [0.717, 1.165) is -0.0619 Å². The number of anilines is 6. The number of ketones is 2. The molecule has 0 saturated carbocycles. The Bertz CT molecular complexity index is 5180. The summed E-state index contributed by atoms with van der Waals surface area (Å²) in [5.74, 6) is -6.88. The Hall–Kier alpha value is -11.5.